The second-order valence-electron chi connectivity index (χ2n) is 6.66. The summed E-state index contributed by atoms with van der Waals surface area (Å²) >= 11 is 0. The highest BCUT2D eigenvalue weighted by Crippen LogP contribution is 2.19. The molecule has 3 rings (SSSR count). The van der Waals surface area contributed by atoms with E-state index in [9.17, 15) is 9.59 Å². The van der Waals surface area contributed by atoms with Gasteiger partial charge in [-0.2, -0.15) is 0 Å². The van der Waals surface area contributed by atoms with Crippen LogP contribution in [0.5, 0.6) is 0 Å². The first kappa shape index (κ1) is 17.1. The first-order chi connectivity index (χ1) is 12.0. The Labute approximate surface area is 147 Å². The van der Waals surface area contributed by atoms with Crippen molar-refractivity contribution in [3.05, 3.63) is 58.9 Å². The van der Waals surface area contributed by atoms with Gasteiger partial charge in [0.2, 0.25) is 0 Å². The van der Waals surface area contributed by atoms with Gasteiger partial charge in [0, 0.05) is 23.5 Å². The molecule has 0 radical (unpaired) electrons. The summed E-state index contributed by atoms with van der Waals surface area (Å²) in [6.07, 6.45) is 5.82. The van der Waals surface area contributed by atoms with Gasteiger partial charge in [0.25, 0.3) is 11.8 Å². The highest BCUT2D eigenvalue weighted by atomic mass is 16.2. The van der Waals surface area contributed by atoms with Crippen molar-refractivity contribution in [2.45, 2.75) is 45.6 Å². The molecule has 1 aliphatic rings. The van der Waals surface area contributed by atoms with Crippen LogP contribution in [0, 0.1) is 13.8 Å². The minimum Gasteiger partial charge on any atom is -0.348 e. The Morgan fingerprint density at radius 1 is 1.04 bits per heavy atom. The molecule has 5 heteroatoms. The summed E-state index contributed by atoms with van der Waals surface area (Å²) in [6, 6.07) is 9.24. The van der Waals surface area contributed by atoms with E-state index in [-0.39, 0.29) is 23.6 Å². The number of hydrogen-bond acceptors (Lipinski definition) is 3. The number of amides is 2. The van der Waals surface area contributed by atoms with Crippen LogP contribution in [-0.2, 0) is 0 Å². The molecule has 5 nitrogen and oxygen atoms in total. The number of aromatic nitrogens is 1. The Bertz CT molecular complexity index is 795. The number of aryl methyl sites for hydroxylation is 2. The summed E-state index contributed by atoms with van der Waals surface area (Å²) in [4.78, 5) is 28.9. The molecule has 0 unspecified atom stereocenters. The van der Waals surface area contributed by atoms with Gasteiger partial charge >= 0.3 is 0 Å². The first-order valence-electron chi connectivity index (χ1n) is 8.68. The van der Waals surface area contributed by atoms with Crippen LogP contribution in [0.25, 0.3) is 0 Å². The van der Waals surface area contributed by atoms with E-state index in [2.05, 4.69) is 15.6 Å². The Morgan fingerprint density at radius 3 is 2.52 bits per heavy atom. The molecule has 2 aromatic rings. The monoisotopic (exact) mass is 337 g/mol. The SMILES string of the molecule is Cc1ccc(NC(=O)c2ccnc(C(=O)NC3CCCC3)c2)c(C)c1. The van der Waals surface area contributed by atoms with E-state index in [0.29, 0.717) is 5.56 Å². The normalized spacial score (nSPS) is 14.3. The number of pyridine rings is 1. The molecule has 1 aromatic heterocycles. The maximum Gasteiger partial charge on any atom is 0.270 e. The van der Waals surface area contributed by atoms with E-state index in [1.807, 2.05) is 32.0 Å². The maximum absolute atomic E-state index is 12.5. The predicted molar refractivity (Wildman–Crippen MR) is 97.8 cm³/mol. The van der Waals surface area contributed by atoms with Crippen molar-refractivity contribution in [3.63, 3.8) is 0 Å². The molecule has 0 atom stereocenters. The molecule has 0 saturated heterocycles. The van der Waals surface area contributed by atoms with Crippen LogP contribution in [0.4, 0.5) is 5.69 Å². The van der Waals surface area contributed by atoms with Gasteiger partial charge in [-0.05, 0) is 50.5 Å². The zero-order valence-corrected chi connectivity index (χ0v) is 14.6. The molecule has 1 fully saturated rings. The van der Waals surface area contributed by atoms with Crippen molar-refractivity contribution in [2.75, 3.05) is 5.32 Å². The average molecular weight is 337 g/mol. The second kappa shape index (κ2) is 7.47. The Kier molecular flexibility index (Phi) is 5.12. The smallest absolute Gasteiger partial charge is 0.270 e. The van der Waals surface area contributed by atoms with E-state index >= 15 is 0 Å². The molecule has 2 N–H and O–H groups in total. The Morgan fingerprint density at radius 2 is 1.80 bits per heavy atom. The third kappa shape index (κ3) is 4.24. The molecule has 2 amide bonds. The highest BCUT2D eigenvalue weighted by molar-refractivity contribution is 6.06. The molecule has 1 aromatic carbocycles. The summed E-state index contributed by atoms with van der Waals surface area (Å²) < 4.78 is 0. The van der Waals surface area contributed by atoms with Crippen LogP contribution in [0.2, 0.25) is 0 Å². The molecule has 130 valence electrons. The van der Waals surface area contributed by atoms with Crippen LogP contribution >= 0.6 is 0 Å². The fourth-order valence-corrected chi connectivity index (χ4v) is 3.17. The van der Waals surface area contributed by atoms with Crippen molar-refractivity contribution in [2.24, 2.45) is 0 Å². The molecule has 1 aliphatic carbocycles. The van der Waals surface area contributed by atoms with Crippen molar-refractivity contribution < 1.29 is 9.59 Å². The number of hydrogen-bond donors (Lipinski definition) is 2. The highest BCUT2D eigenvalue weighted by Gasteiger charge is 2.19. The fourth-order valence-electron chi connectivity index (χ4n) is 3.17. The zero-order chi connectivity index (χ0) is 17.8. The topological polar surface area (TPSA) is 71.1 Å². The Balaban J connectivity index is 1.71. The lowest BCUT2D eigenvalue weighted by Gasteiger charge is -2.12. The van der Waals surface area contributed by atoms with E-state index in [0.717, 1.165) is 42.5 Å². The summed E-state index contributed by atoms with van der Waals surface area (Å²) in [5.41, 5.74) is 3.61. The van der Waals surface area contributed by atoms with Crippen molar-refractivity contribution in [3.8, 4) is 0 Å². The second-order valence-corrected chi connectivity index (χ2v) is 6.66. The first-order valence-corrected chi connectivity index (χ1v) is 8.68. The molecular formula is C20H23N3O2. The van der Waals surface area contributed by atoms with Gasteiger partial charge in [-0.25, -0.2) is 0 Å². The summed E-state index contributed by atoms with van der Waals surface area (Å²) in [6.45, 7) is 3.96. The number of benzene rings is 1. The largest absolute Gasteiger partial charge is 0.348 e. The van der Waals surface area contributed by atoms with Gasteiger partial charge in [-0.15, -0.1) is 0 Å². The predicted octanol–water partition coefficient (Wildman–Crippen LogP) is 3.62. The summed E-state index contributed by atoms with van der Waals surface area (Å²) in [5.74, 6) is -0.461. The lowest BCUT2D eigenvalue weighted by atomic mass is 10.1. The minimum absolute atomic E-state index is 0.215. The Hall–Kier alpha value is -2.69. The van der Waals surface area contributed by atoms with Crippen molar-refractivity contribution in [1.29, 1.82) is 0 Å². The van der Waals surface area contributed by atoms with Crippen LogP contribution in [0.3, 0.4) is 0 Å². The number of nitrogens with zero attached hydrogens (tertiary/aromatic N) is 1. The zero-order valence-electron chi connectivity index (χ0n) is 14.6. The molecular weight excluding hydrogens is 314 g/mol. The van der Waals surface area contributed by atoms with E-state index in [1.165, 1.54) is 6.20 Å². The third-order valence-corrected chi connectivity index (χ3v) is 4.58. The van der Waals surface area contributed by atoms with E-state index in [4.69, 9.17) is 0 Å². The molecule has 1 heterocycles. The van der Waals surface area contributed by atoms with Gasteiger partial charge in [0.15, 0.2) is 0 Å². The lowest BCUT2D eigenvalue weighted by molar-refractivity contribution is 0.0933. The van der Waals surface area contributed by atoms with Gasteiger partial charge in [-0.1, -0.05) is 30.5 Å². The van der Waals surface area contributed by atoms with Gasteiger partial charge < -0.3 is 10.6 Å². The van der Waals surface area contributed by atoms with Crippen LogP contribution in [0.1, 0.15) is 57.7 Å². The molecule has 0 bridgehead atoms. The quantitative estimate of drug-likeness (QED) is 0.895. The average Bonchev–Trinajstić information content (AvgIpc) is 3.10. The standard InChI is InChI=1S/C20H23N3O2/c1-13-7-8-17(14(2)11-13)23-19(24)15-9-10-21-18(12-15)20(25)22-16-5-3-4-6-16/h7-12,16H,3-6H2,1-2H3,(H,22,25)(H,23,24). The fraction of sp³-hybridized carbons (Fsp3) is 0.350. The third-order valence-electron chi connectivity index (χ3n) is 4.58. The van der Waals surface area contributed by atoms with Crippen LogP contribution in [0.15, 0.2) is 36.5 Å². The van der Waals surface area contributed by atoms with Crippen molar-refractivity contribution in [1.82, 2.24) is 10.3 Å². The van der Waals surface area contributed by atoms with Crippen LogP contribution < -0.4 is 10.6 Å². The number of anilines is 1. The van der Waals surface area contributed by atoms with E-state index < -0.39 is 0 Å². The summed E-state index contributed by atoms with van der Waals surface area (Å²) in [5, 5.41) is 5.89. The minimum atomic E-state index is -0.246. The number of nitrogens with one attached hydrogen (secondary N) is 2. The number of carbonyl (C=O) groups is 2. The van der Waals surface area contributed by atoms with Gasteiger partial charge in [0.05, 0.1) is 0 Å². The molecule has 0 spiro atoms. The van der Waals surface area contributed by atoms with Gasteiger partial charge in [-0.3, -0.25) is 14.6 Å². The summed E-state index contributed by atoms with van der Waals surface area (Å²) in [7, 11) is 0. The van der Waals surface area contributed by atoms with Crippen LogP contribution in [-0.4, -0.2) is 22.8 Å². The number of rotatable bonds is 4. The van der Waals surface area contributed by atoms with E-state index in [1.54, 1.807) is 12.1 Å². The van der Waals surface area contributed by atoms with Crippen molar-refractivity contribution >= 4 is 17.5 Å². The maximum atomic E-state index is 12.5. The lowest BCUT2D eigenvalue weighted by Crippen LogP contribution is -2.33. The molecule has 0 aliphatic heterocycles. The number of carbonyl (C=O) groups excluding carboxylic acids is 2. The molecule has 1 saturated carbocycles. The molecule has 25 heavy (non-hydrogen) atoms. The van der Waals surface area contributed by atoms with Gasteiger partial charge in [0.1, 0.15) is 5.69 Å².